The fourth-order valence-electron chi connectivity index (χ4n) is 3.26. The lowest BCUT2D eigenvalue weighted by atomic mass is 9.78. The van der Waals surface area contributed by atoms with Crippen LogP contribution in [-0.2, 0) is 16.6 Å². The number of ether oxygens (including phenoxy) is 1. The van der Waals surface area contributed by atoms with Gasteiger partial charge in [-0.05, 0) is 42.9 Å². The van der Waals surface area contributed by atoms with Crippen molar-refractivity contribution >= 4 is 5.97 Å². The van der Waals surface area contributed by atoms with Crippen molar-refractivity contribution in [3.05, 3.63) is 29.3 Å². The Hall–Kier alpha value is -1.51. The molecule has 3 heteroatoms. The van der Waals surface area contributed by atoms with Crippen molar-refractivity contribution in [3.8, 4) is 5.75 Å². The zero-order chi connectivity index (χ0) is 12.6. The molecule has 1 N–H and O–H groups in total. The van der Waals surface area contributed by atoms with Crippen LogP contribution in [0.3, 0.4) is 0 Å². The maximum Gasteiger partial charge on any atom is 0.314 e. The molecule has 96 valence electrons. The predicted molar refractivity (Wildman–Crippen MR) is 68.0 cm³/mol. The molecule has 18 heavy (non-hydrogen) atoms. The van der Waals surface area contributed by atoms with Crippen LogP contribution in [0.5, 0.6) is 5.75 Å². The zero-order valence-electron chi connectivity index (χ0n) is 10.4. The van der Waals surface area contributed by atoms with E-state index in [1.165, 1.54) is 5.56 Å². The van der Waals surface area contributed by atoms with E-state index >= 15 is 0 Å². The first-order valence-corrected chi connectivity index (χ1v) is 6.72. The number of carboxylic acids is 1. The van der Waals surface area contributed by atoms with Gasteiger partial charge in [-0.3, -0.25) is 4.79 Å². The second-order valence-corrected chi connectivity index (χ2v) is 5.37. The van der Waals surface area contributed by atoms with Crippen molar-refractivity contribution in [2.45, 2.75) is 43.9 Å². The van der Waals surface area contributed by atoms with Gasteiger partial charge in [0.1, 0.15) is 5.75 Å². The number of carboxylic acid groups (broad SMARTS) is 1. The average molecular weight is 246 g/mol. The maximum absolute atomic E-state index is 11.7. The molecule has 0 radical (unpaired) electrons. The number of carbonyl (C=O) groups is 1. The van der Waals surface area contributed by atoms with Crippen LogP contribution in [0, 0.1) is 0 Å². The van der Waals surface area contributed by atoms with Crippen LogP contribution in [0.2, 0.25) is 0 Å². The number of hydrogen-bond donors (Lipinski definition) is 1. The summed E-state index contributed by atoms with van der Waals surface area (Å²) in [6.07, 6.45) is 5.58. The Bertz CT molecular complexity index is 473. The first-order valence-electron chi connectivity index (χ1n) is 6.72. The van der Waals surface area contributed by atoms with Gasteiger partial charge < -0.3 is 9.84 Å². The van der Waals surface area contributed by atoms with Crippen molar-refractivity contribution in [2.24, 2.45) is 0 Å². The summed E-state index contributed by atoms with van der Waals surface area (Å²) >= 11 is 0. The number of fused-ring (bicyclic) bond motifs is 1. The van der Waals surface area contributed by atoms with Gasteiger partial charge in [0.2, 0.25) is 0 Å². The van der Waals surface area contributed by atoms with Crippen molar-refractivity contribution in [3.63, 3.8) is 0 Å². The molecule has 3 rings (SSSR count). The molecule has 1 aliphatic carbocycles. The predicted octanol–water partition coefficient (Wildman–Crippen LogP) is 2.91. The van der Waals surface area contributed by atoms with Gasteiger partial charge in [0.15, 0.2) is 0 Å². The maximum atomic E-state index is 11.7. The minimum absolute atomic E-state index is 0.646. The van der Waals surface area contributed by atoms with Gasteiger partial charge >= 0.3 is 5.97 Å². The summed E-state index contributed by atoms with van der Waals surface area (Å²) in [6, 6.07) is 5.96. The third-order valence-corrected chi connectivity index (χ3v) is 4.33. The van der Waals surface area contributed by atoms with Gasteiger partial charge in [-0.25, -0.2) is 0 Å². The van der Waals surface area contributed by atoms with E-state index in [1.807, 2.05) is 12.1 Å². The molecule has 0 bridgehead atoms. The van der Waals surface area contributed by atoms with Crippen LogP contribution in [0.4, 0.5) is 0 Å². The van der Waals surface area contributed by atoms with Crippen LogP contribution in [-0.4, -0.2) is 17.7 Å². The second-order valence-electron chi connectivity index (χ2n) is 5.37. The molecule has 3 nitrogen and oxygen atoms in total. The highest BCUT2D eigenvalue weighted by Gasteiger charge is 2.43. The summed E-state index contributed by atoms with van der Waals surface area (Å²) in [4.78, 5) is 11.7. The van der Waals surface area contributed by atoms with Crippen LogP contribution in [0.15, 0.2) is 18.2 Å². The summed E-state index contributed by atoms with van der Waals surface area (Å²) in [5.41, 5.74) is 1.50. The quantitative estimate of drug-likeness (QED) is 0.872. The number of hydrogen-bond acceptors (Lipinski definition) is 2. The summed E-state index contributed by atoms with van der Waals surface area (Å²) in [7, 11) is 0. The molecule has 1 heterocycles. The van der Waals surface area contributed by atoms with E-state index in [4.69, 9.17) is 4.74 Å². The zero-order valence-corrected chi connectivity index (χ0v) is 10.4. The van der Waals surface area contributed by atoms with Crippen molar-refractivity contribution in [2.75, 3.05) is 6.61 Å². The molecule has 0 saturated heterocycles. The van der Waals surface area contributed by atoms with Crippen molar-refractivity contribution < 1.29 is 14.6 Å². The molecule has 1 saturated carbocycles. The normalized spacial score (nSPS) is 21.1. The highest BCUT2D eigenvalue weighted by molar-refractivity contribution is 5.82. The average Bonchev–Trinajstić information content (AvgIpc) is 2.89. The highest BCUT2D eigenvalue weighted by Crippen LogP contribution is 2.43. The summed E-state index contributed by atoms with van der Waals surface area (Å²) in [5.74, 6) is 0.264. The third-order valence-electron chi connectivity index (χ3n) is 4.33. The molecular formula is C15H18O3. The van der Waals surface area contributed by atoms with E-state index in [2.05, 4.69) is 6.07 Å². The van der Waals surface area contributed by atoms with Crippen molar-refractivity contribution in [1.29, 1.82) is 0 Å². The Labute approximate surface area is 107 Å². The second kappa shape index (κ2) is 4.30. The lowest BCUT2D eigenvalue weighted by Crippen LogP contribution is -2.32. The summed E-state index contributed by atoms with van der Waals surface area (Å²) < 4.78 is 5.59. The molecule has 1 aromatic rings. The van der Waals surface area contributed by atoms with Gasteiger partial charge in [-0.1, -0.05) is 25.0 Å². The van der Waals surface area contributed by atoms with Gasteiger partial charge in [0, 0.05) is 0 Å². The van der Waals surface area contributed by atoms with E-state index in [0.29, 0.717) is 0 Å². The topological polar surface area (TPSA) is 46.5 Å². The number of aryl methyl sites for hydroxylation is 1. The number of rotatable bonds is 2. The van der Waals surface area contributed by atoms with Crippen LogP contribution in [0.25, 0.3) is 0 Å². The summed E-state index contributed by atoms with van der Waals surface area (Å²) in [5, 5.41) is 9.59. The Kier molecular flexibility index (Phi) is 2.77. The monoisotopic (exact) mass is 246 g/mol. The van der Waals surface area contributed by atoms with E-state index < -0.39 is 11.4 Å². The van der Waals surface area contributed by atoms with Gasteiger partial charge in [-0.2, -0.15) is 0 Å². The Morgan fingerprint density at radius 1 is 1.22 bits per heavy atom. The molecule has 1 aromatic carbocycles. The number of aliphatic carboxylic acids is 1. The van der Waals surface area contributed by atoms with E-state index in [-0.39, 0.29) is 0 Å². The van der Waals surface area contributed by atoms with E-state index in [9.17, 15) is 9.90 Å². The fourth-order valence-corrected chi connectivity index (χ4v) is 3.26. The number of benzene rings is 1. The van der Waals surface area contributed by atoms with Gasteiger partial charge in [-0.15, -0.1) is 0 Å². The smallest absolute Gasteiger partial charge is 0.314 e. The molecular weight excluding hydrogens is 228 g/mol. The molecule has 0 spiro atoms. The Balaban J connectivity index is 2.02. The highest BCUT2D eigenvalue weighted by atomic mass is 16.5. The van der Waals surface area contributed by atoms with Gasteiger partial charge in [0.05, 0.1) is 12.0 Å². The Morgan fingerprint density at radius 3 is 2.72 bits per heavy atom. The molecule has 0 unspecified atom stereocenters. The molecule has 0 aromatic heterocycles. The first-order chi connectivity index (χ1) is 8.72. The molecule has 2 aliphatic rings. The molecule has 1 aliphatic heterocycles. The van der Waals surface area contributed by atoms with Crippen LogP contribution < -0.4 is 4.74 Å². The SMILES string of the molecule is O=C(O)C1(c2ccc3c(c2)CCCO3)CCCC1. The fraction of sp³-hybridized carbons (Fsp3) is 0.533. The van der Waals surface area contributed by atoms with Crippen LogP contribution >= 0.6 is 0 Å². The molecule has 0 amide bonds. The minimum atomic E-state index is -0.670. The largest absolute Gasteiger partial charge is 0.493 e. The third kappa shape index (κ3) is 1.69. The first kappa shape index (κ1) is 11.6. The van der Waals surface area contributed by atoms with Gasteiger partial charge in [0.25, 0.3) is 0 Å². The minimum Gasteiger partial charge on any atom is -0.493 e. The lowest BCUT2D eigenvalue weighted by Gasteiger charge is -2.26. The van der Waals surface area contributed by atoms with Crippen molar-refractivity contribution in [1.82, 2.24) is 0 Å². The summed E-state index contributed by atoms with van der Waals surface area (Å²) in [6.45, 7) is 0.774. The Morgan fingerprint density at radius 2 is 2.00 bits per heavy atom. The lowest BCUT2D eigenvalue weighted by molar-refractivity contribution is -0.143. The van der Waals surface area contributed by atoms with E-state index in [1.54, 1.807) is 0 Å². The van der Waals surface area contributed by atoms with Crippen LogP contribution in [0.1, 0.15) is 43.2 Å². The molecule has 0 atom stereocenters. The molecule has 1 fully saturated rings. The standard InChI is InChI=1S/C15H18O3/c16-14(17)15(7-1-2-8-15)12-5-6-13-11(10-12)4-3-9-18-13/h5-6,10H,1-4,7-9H2,(H,16,17). The van der Waals surface area contributed by atoms with E-state index in [0.717, 1.165) is 56.4 Å².